The summed E-state index contributed by atoms with van der Waals surface area (Å²) < 4.78 is 0. The summed E-state index contributed by atoms with van der Waals surface area (Å²) in [5.41, 5.74) is 5.32. The molecule has 12 heavy (non-hydrogen) atoms. The quantitative estimate of drug-likeness (QED) is 0.547. The summed E-state index contributed by atoms with van der Waals surface area (Å²) in [6, 6.07) is 0. The first-order chi connectivity index (χ1) is 5.54. The molecule has 0 heterocycles. The lowest BCUT2D eigenvalue weighted by Gasteiger charge is -2.10. The molecule has 68 valence electrons. The first-order valence-electron chi connectivity index (χ1n) is 4.53. The molecule has 0 aliphatic heterocycles. The third kappa shape index (κ3) is 2.69. The topological polar surface area (TPSA) is 0 Å². The summed E-state index contributed by atoms with van der Waals surface area (Å²) in [5.74, 6) is 0. The predicted molar refractivity (Wildman–Crippen MR) is 57.2 cm³/mol. The summed E-state index contributed by atoms with van der Waals surface area (Å²) in [4.78, 5) is 0. The maximum Gasteiger partial charge on any atom is -0.0302 e. The number of hydrogen-bond donors (Lipinski definition) is 0. The summed E-state index contributed by atoms with van der Waals surface area (Å²) in [6.07, 6.45) is 3.22. The molecule has 0 aromatic rings. The van der Waals surface area contributed by atoms with Crippen LogP contribution in [-0.4, -0.2) is 0 Å². The lowest BCUT2D eigenvalue weighted by molar-refractivity contribution is 1.06. The van der Waals surface area contributed by atoms with Crippen LogP contribution in [0.2, 0.25) is 0 Å². The monoisotopic (exact) mass is 164 g/mol. The van der Waals surface area contributed by atoms with E-state index in [0.29, 0.717) is 0 Å². The molecule has 0 rings (SSSR count). The van der Waals surface area contributed by atoms with E-state index < -0.39 is 0 Å². The Morgan fingerprint density at radius 3 is 2.00 bits per heavy atom. The van der Waals surface area contributed by atoms with Crippen molar-refractivity contribution >= 4 is 0 Å². The van der Waals surface area contributed by atoms with Crippen molar-refractivity contribution in [3.8, 4) is 0 Å². The van der Waals surface area contributed by atoms with Gasteiger partial charge in [-0.2, -0.15) is 0 Å². The first kappa shape index (κ1) is 11.2. The molecule has 0 nitrogen and oxygen atoms in total. The highest BCUT2D eigenvalue weighted by atomic mass is 14.1. The van der Waals surface area contributed by atoms with Gasteiger partial charge in [-0.3, -0.25) is 0 Å². The van der Waals surface area contributed by atoms with E-state index in [-0.39, 0.29) is 0 Å². The predicted octanol–water partition coefficient (Wildman–Crippen LogP) is 4.26. The van der Waals surface area contributed by atoms with Crippen molar-refractivity contribution in [1.82, 2.24) is 0 Å². The molecular weight excluding hydrogens is 144 g/mol. The average molecular weight is 164 g/mol. The fraction of sp³-hybridized carbons (Fsp3) is 0.500. The van der Waals surface area contributed by atoms with Crippen LogP contribution in [0.5, 0.6) is 0 Å². The van der Waals surface area contributed by atoms with Crippen molar-refractivity contribution in [3.63, 3.8) is 0 Å². The SMILES string of the molecule is C=C(C)/C(CC)=C(C)\C(C)=C/C. The molecule has 0 saturated carbocycles. The van der Waals surface area contributed by atoms with Crippen molar-refractivity contribution in [3.05, 3.63) is 34.9 Å². The van der Waals surface area contributed by atoms with Crippen LogP contribution in [0.15, 0.2) is 34.9 Å². The van der Waals surface area contributed by atoms with Crippen LogP contribution in [0, 0.1) is 0 Å². The highest BCUT2D eigenvalue weighted by Gasteiger charge is 2.01. The summed E-state index contributed by atoms with van der Waals surface area (Å²) in [7, 11) is 0. The highest BCUT2D eigenvalue weighted by molar-refractivity contribution is 5.40. The molecule has 0 bridgehead atoms. The van der Waals surface area contributed by atoms with Crippen LogP contribution in [0.4, 0.5) is 0 Å². The summed E-state index contributed by atoms with van der Waals surface area (Å²) >= 11 is 0. The zero-order chi connectivity index (χ0) is 9.72. The Labute approximate surface area is 76.7 Å². The van der Waals surface area contributed by atoms with Gasteiger partial charge in [0.2, 0.25) is 0 Å². The van der Waals surface area contributed by atoms with E-state index in [4.69, 9.17) is 0 Å². The molecule has 0 aliphatic rings. The van der Waals surface area contributed by atoms with Crippen LogP contribution < -0.4 is 0 Å². The van der Waals surface area contributed by atoms with Crippen molar-refractivity contribution in [1.29, 1.82) is 0 Å². The lowest BCUT2D eigenvalue weighted by atomic mass is 9.96. The Morgan fingerprint density at radius 1 is 1.25 bits per heavy atom. The minimum absolute atomic E-state index is 1.08. The molecule has 0 N–H and O–H groups in total. The first-order valence-corrected chi connectivity index (χ1v) is 4.53. The number of hydrogen-bond acceptors (Lipinski definition) is 0. The van der Waals surface area contributed by atoms with E-state index in [1.165, 1.54) is 22.3 Å². The Bertz CT molecular complexity index is 226. The van der Waals surface area contributed by atoms with Gasteiger partial charge < -0.3 is 0 Å². The fourth-order valence-corrected chi connectivity index (χ4v) is 1.34. The van der Waals surface area contributed by atoms with Gasteiger partial charge in [-0.15, -0.1) is 0 Å². The Morgan fingerprint density at radius 2 is 1.75 bits per heavy atom. The van der Waals surface area contributed by atoms with Crippen molar-refractivity contribution in [2.45, 2.75) is 41.0 Å². The standard InChI is InChI=1S/C12H20/c1-7-10(5)11(6)12(8-2)9(3)4/h7H,3,8H2,1-2,4-6H3/b10-7-,12-11-. The normalized spacial score (nSPS) is 14.2. The smallest absolute Gasteiger partial charge is 0.0302 e. The van der Waals surface area contributed by atoms with Gasteiger partial charge in [-0.25, -0.2) is 0 Å². The van der Waals surface area contributed by atoms with Crippen LogP contribution in [0.3, 0.4) is 0 Å². The van der Waals surface area contributed by atoms with E-state index >= 15 is 0 Å². The van der Waals surface area contributed by atoms with Gasteiger partial charge >= 0.3 is 0 Å². The van der Waals surface area contributed by atoms with E-state index in [1.807, 2.05) is 0 Å². The van der Waals surface area contributed by atoms with Crippen LogP contribution in [0.25, 0.3) is 0 Å². The highest BCUT2D eigenvalue weighted by Crippen LogP contribution is 2.21. The number of rotatable bonds is 3. The fourth-order valence-electron chi connectivity index (χ4n) is 1.34. The third-order valence-corrected chi connectivity index (χ3v) is 2.35. The zero-order valence-electron chi connectivity index (χ0n) is 8.99. The molecule has 0 unspecified atom stereocenters. The summed E-state index contributed by atoms with van der Waals surface area (Å²) in [5, 5.41) is 0. The second-order valence-corrected chi connectivity index (χ2v) is 3.21. The van der Waals surface area contributed by atoms with Crippen molar-refractivity contribution in [2.24, 2.45) is 0 Å². The van der Waals surface area contributed by atoms with E-state index in [2.05, 4.69) is 47.3 Å². The molecule has 0 aromatic carbocycles. The largest absolute Gasteiger partial charge is 0.0958 e. The van der Waals surface area contributed by atoms with Crippen molar-refractivity contribution < 1.29 is 0 Å². The minimum atomic E-state index is 1.08. The number of allylic oxidation sites excluding steroid dienone is 5. The molecule has 0 amide bonds. The Hall–Kier alpha value is -0.780. The molecule has 0 aromatic heterocycles. The van der Waals surface area contributed by atoms with Crippen LogP contribution in [-0.2, 0) is 0 Å². The average Bonchev–Trinajstić information content (AvgIpc) is 2.03. The minimum Gasteiger partial charge on any atom is -0.0958 e. The van der Waals surface area contributed by atoms with Gasteiger partial charge in [-0.1, -0.05) is 30.7 Å². The molecule has 0 heteroatoms. The zero-order valence-corrected chi connectivity index (χ0v) is 8.99. The molecule has 0 radical (unpaired) electrons. The maximum atomic E-state index is 3.98. The van der Waals surface area contributed by atoms with E-state index in [9.17, 15) is 0 Å². The van der Waals surface area contributed by atoms with Crippen molar-refractivity contribution in [2.75, 3.05) is 0 Å². The molecule has 0 atom stereocenters. The maximum absolute atomic E-state index is 3.98. The Balaban J connectivity index is 4.98. The van der Waals surface area contributed by atoms with Gasteiger partial charge in [0.05, 0.1) is 0 Å². The van der Waals surface area contributed by atoms with E-state index in [0.717, 1.165) is 6.42 Å². The lowest BCUT2D eigenvalue weighted by Crippen LogP contribution is -1.90. The second-order valence-electron chi connectivity index (χ2n) is 3.21. The summed E-state index contributed by atoms with van der Waals surface area (Å²) in [6.45, 7) is 14.6. The third-order valence-electron chi connectivity index (χ3n) is 2.35. The molecule has 0 aliphatic carbocycles. The van der Waals surface area contributed by atoms with Gasteiger partial charge in [0.25, 0.3) is 0 Å². The van der Waals surface area contributed by atoms with Crippen LogP contribution in [0.1, 0.15) is 41.0 Å². The van der Waals surface area contributed by atoms with E-state index in [1.54, 1.807) is 0 Å². The molecule has 0 fully saturated rings. The molecular formula is C12H20. The van der Waals surface area contributed by atoms with Gasteiger partial charge in [0, 0.05) is 0 Å². The molecule has 0 spiro atoms. The van der Waals surface area contributed by atoms with Gasteiger partial charge in [0.15, 0.2) is 0 Å². The molecule has 0 saturated heterocycles. The second kappa shape index (κ2) is 4.97. The van der Waals surface area contributed by atoms with Crippen LogP contribution >= 0.6 is 0 Å². The van der Waals surface area contributed by atoms with Gasteiger partial charge in [-0.05, 0) is 45.3 Å². The Kier molecular flexibility index (Phi) is 4.65. The van der Waals surface area contributed by atoms with Gasteiger partial charge in [0.1, 0.15) is 0 Å².